The van der Waals surface area contributed by atoms with Crippen molar-refractivity contribution in [3.8, 4) is 11.4 Å². The average molecular weight is 1090 g/mol. The molecule has 25 heteroatoms. The number of sulfonamides is 1. The lowest BCUT2D eigenvalue weighted by atomic mass is 9.89. The van der Waals surface area contributed by atoms with Crippen LogP contribution in [0.2, 0.25) is 0 Å². The molecular formula is C51H61F3N6O15S. The molecule has 76 heavy (non-hydrogen) atoms. The number of allylic oxidation sites excluding steroid dienone is 2. The van der Waals surface area contributed by atoms with Crippen molar-refractivity contribution < 1.29 is 80.0 Å². The SMILES string of the molecule is CNS(=O)(=O)c1ccccc1-n1c(COC(=O)CCCOC(=O)CCC/C=C\C[C@@H]2[C@@H](/C=C/[C@@H](O)COc3cccc(C(F)(F)F)c3)[C@H](O)C[C@@H]2O)nc2cc(C)c(C(=O)OCO/N=[N+](\[O-])N3CCCC3)c(C)c2c1=O. The number of para-hydroxylation sites is 1. The van der Waals surface area contributed by atoms with Crippen molar-refractivity contribution in [2.75, 3.05) is 40.1 Å². The molecule has 0 bridgehead atoms. The van der Waals surface area contributed by atoms with Gasteiger partial charge in [-0.1, -0.05) is 42.5 Å². The second kappa shape index (κ2) is 26.7. The molecule has 1 saturated carbocycles. The highest BCUT2D eigenvalue weighted by Crippen LogP contribution is 2.37. The van der Waals surface area contributed by atoms with E-state index >= 15 is 0 Å². The Hall–Kier alpha value is -6.93. The van der Waals surface area contributed by atoms with Gasteiger partial charge in [0.1, 0.15) is 30.0 Å². The smallest absolute Gasteiger partial charge is 0.416 e. The minimum absolute atomic E-state index is 0.0136. The van der Waals surface area contributed by atoms with Gasteiger partial charge in [0.25, 0.3) is 12.4 Å². The summed E-state index contributed by atoms with van der Waals surface area (Å²) in [4.78, 5) is 62.9. The monoisotopic (exact) mass is 1090 g/mol. The van der Waals surface area contributed by atoms with Crippen molar-refractivity contribution in [3.05, 3.63) is 123 Å². The highest BCUT2D eigenvalue weighted by atomic mass is 32.2. The molecule has 21 nitrogen and oxygen atoms in total. The Bertz CT molecular complexity index is 2960. The first-order chi connectivity index (χ1) is 36.2. The molecular weight excluding hydrogens is 1030 g/mol. The lowest BCUT2D eigenvalue weighted by Crippen LogP contribution is -2.29. The van der Waals surface area contributed by atoms with Crippen LogP contribution >= 0.6 is 0 Å². The zero-order valence-electron chi connectivity index (χ0n) is 42.0. The Morgan fingerprint density at radius 2 is 1.71 bits per heavy atom. The number of nitrogens with one attached hydrogen (secondary N) is 1. The first-order valence-electron chi connectivity index (χ1n) is 24.5. The number of hydrogen-bond donors (Lipinski definition) is 4. The predicted molar refractivity (Wildman–Crippen MR) is 265 cm³/mol. The third-order valence-corrected chi connectivity index (χ3v) is 14.2. The number of nitrogens with zero attached hydrogens (tertiary/aromatic N) is 5. The van der Waals surface area contributed by atoms with E-state index in [0.717, 1.165) is 29.5 Å². The number of fused-ring (bicyclic) bond motifs is 1. The number of ether oxygens (including phenoxy) is 4. The summed E-state index contributed by atoms with van der Waals surface area (Å²) < 4.78 is 90.0. The van der Waals surface area contributed by atoms with Gasteiger partial charge in [0.15, 0.2) is 5.82 Å². The number of aromatic nitrogens is 2. The lowest BCUT2D eigenvalue weighted by molar-refractivity contribution is -0.708. The van der Waals surface area contributed by atoms with Crippen molar-refractivity contribution in [2.24, 2.45) is 17.1 Å². The first-order valence-corrected chi connectivity index (χ1v) is 26.0. The standard InChI is InChI=1S/C51H61F3N6O15S/c1-32-26-39-48(33(2)47(32)50(67)74-31-75-57-60(68)58-23-10-11-24-58)49(66)59(40-17-8-9-18-43(40)76(69,70)55-3)44(56-39)30-73-46(65)20-13-25-71-45(64)19-7-5-4-6-16-37-38(42(63)28-41(37)62)22-21-35(61)29-72-36-15-12-14-34(27-36)51(52,53)54/h4,6,8-9,12,14-15,17-18,21-22,26-27,35,37-38,41-42,55,61-63H,5,7,10-11,13,16,19-20,23-25,28-31H2,1-3H3/b6-4-,22-21+,60-57-/t35-,37-,38-,41+,42-/m1/s1. The summed E-state index contributed by atoms with van der Waals surface area (Å²) in [7, 11) is -2.98. The number of hydrazine groups is 1. The zero-order chi connectivity index (χ0) is 55.2. The van der Waals surface area contributed by atoms with Crippen molar-refractivity contribution in [2.45, 2.75) is 108 Å². The van der Waals surface area contributed by atoms with E-state index in [4.69, 9.17) is 23.8 Å². The average Bonchev–Trinajstić information content (AvgIpc) is 4.06. The third-order valence-electron chi connectivity index (χ3n) is 12.8. The van der Waals surface area contributed by atoms with E-state index < -0.39 is 88.8 Å². The maximum atomic E-state index is 14.6. The second-order valence-electron chi connectivity index (χ2n) is 18.1. The van der Waals surface area contributed by atoms with Gasteiger partial charge < -0.3 is 44.3 Å². The number of benzene rings is 3. The van der Waals surface area contributed by atoms with Crippen LogP contribution in [0.3, 0.4) is 0 Å². The number of halogens is 3. The van der Waals surface area contributed by atoms with Gasteiger partial charge in [-0.3, -0.25) is 19.0 Å². The Labute approximate surface area is 435 Å². The fourth-order valence-corrected chi connectivity index (χ4v) is 9.83. The number of alkyl halides is 3. The highest BCUT2D eigenvalue weighted by molar-refractivity contribution is 7.89. The molecule has 3 aromatic carbocycles. The van der Waals surface area contributed by atoms with Gasteiger partial charge in [-0.25, -0.2) is 22.9 Å². The number of esters is 3. The van der Waals surface area contributed by atoms with Gasteiger partial charge in [-0.15, -0.1) is 5.01 Å². The molecule has 1 saturated heterocycles. The van der Waals surface area contributed by atoms with E-state index in [1.165, 1.54) is 67.5 Å². The van der Waals surface area contributed by atoms with Crippen molar-refractivity contribution in [1.29, 1.82) is 0 Å². The summed E-state index contributed by atoms with van der Waals surface area (Å²) in [5.41, 5.74) is -1.23. The Morgan fingerprint density at radius 1 is 0.987 bits per heavy atom. The van der Waals surface area contributed by atoms with Gasteiger partial charge in [-0.05, 0) is 113 Å². The fraction of sp³-hybridized carbons (Fsp3) is 0.471. The molecule has 6 rings (SSSR count). The van der Waals surface area contributed by atoms with Crippen LogP contribution in [0, 0.1) is 30.9 Å². The summed E-state index contributed by atoms with van der Waals surface area (Å²) >= 11 is 0. The molecule has 2 heterocycles. The van der Waals surface area contributed by atoms with Crippen molar-refractivity contribution >= 4 is 38.8 Å². The molecule has 5 atom stereocenters. The predicted octanol–water partition coefficient (Wildman–Crippen LogP) is 5.79. The van der Waals surface area contributed by atoms with Gasteiger partial charge in [0.2, 0.25) is 15.3 Å². The maximum Gasteiger partial charge on any atom is 0.416 e. The minimum atomic E-state index is -4.55. The highest BCUT2D eigenvalue weighted by Gasteiger charge is 2.39. The van der Waals surface area contributed by atoms with Crippen LogP contribution in [0.1, 0.15) is 90.7 Å². The van der Waals surface area contributed by atoms with Gasteiger partial charge >= 0.3 is 24.1 Å². The van der Waals surface area contributed by atoms with E-state index in [-0.39, 0.29) is 88.1 Å². The summed E-state index contributed by atoms with van der Waals surface area (Å²) in [5.74, 6) is -3.27. The van der Waals surface area contributed by atoms with Crippen LogP contribution in [-0.4, -0.2) is 120 Å². The largest absolute Gasteiger partial charge is 0.569 e. The number of rotatable bonds is 25. The molecule has 2 fully saturated rings. The second-order valence-corrected chi connectivity index (χ2v) is 19.9. The van der Waals surface area contributed by atoms with Crippen LogP contribution in [-0.2, 0) is 51.4 Å². The molecule has 4 N–H and O–H groups in total. The summed E-state index contributed by atoms with van der Waals surface area (Å²) in [6.45, 7) is 2.32. The quantitative estimate of drug-likeness (QED) is 0.00894. The first kappa shape index (κ1) is 58.3. The van der Waals surface area contributed by atoms with Crippen LogP contribution in [0.15, 0.2) is 93.9 Å². The molecule has 1 aliphatic carbocycles. The van der Waals surface area contributed by atoms with E-state index in [2.05, 4.69) is 15.0 Å². The molecule has 0 unspecified atom stereocenters. The van der Waals surface area contributed by atoms with Gasteiger partial charge in [-0.2, -0.15) is 13.2 Å². The summed E-state index contributed by atoms with van der Waals surface area (Å²) in [6, 6.07) is 11.3. The van der Waals surface area contributed by atoms with E-state index in [1.807, 2.05) is 12.2 Å². The lowest BCUT2D eigenvalue weighted by Gasteiger charge is -2.19. The number of unbranched alkanes of at least 4 members (excludes halogenated alkanes) is 1. The topological polar surface area (TPSA) is 281 Å². The van der Waals surface area contributed by atoms with E-state index in [9.17, 15) is 61.3 Å². The van der Waals surface area contributed by atoms with Crippen LogP contribution in [0.25, 0.3) is 16.6 Å². The molecule has 4 aromatic rings. The zero-order valence-corrected chi connectivity index (χ0v) is 42.8. The van der Waals surface area contributed by atoms with Gasteiger partial charge in [0, 0.05) is 25.2 Å². The number of carbonyl (C=O) groups excluding carboxylic acids is 3. The number of carbonyl (C=O) groups is 3. The number of aryl methyl sites for hydroxylation is 2. The Morgan fingerprint density at radius 3 is 2.45 bits per heavy atom. The molecule has 0 amide bonds. The van der Waals surface area contributed by atoms with Crippen LogP contribution in [0.5, 0.6) is 5.75 Å². The van der Waals surface area contributed by atoms with E-state index in [0.29, 0.717) is 37.9 Å². The number of aliphatic hydroxyl groups excluding tert-OH is 3. The minimum Gasteiger partial charge on any atom is -0.569 e. The number of hydrogen-bond acceptors (Lipinski definition) is 17. The maximum absolute atomic E-state index is 14.6. The molecule has 412 valence electrons. The number of aliphatic hydroxyl groups is 3. The Kier molecular flexibility index (Phi) is 20.5. The van der Waals surface area contributed by atoms with Crippen LogP contribution < -0.4 is 15.0 Å². The molecule has 1 aliphatic heterocycles. The van der Waals surface area contributed by atoms with Crippen LogP contribution in [0.4, 0.5) is 13.2 Å². The molecule has 0 radical (unpaired) electrons. The van der Waals surface area contributed by atoms with Crippen molar-refractivity contribution in [1.82, 2.24) is 19.3 Å². The summed E-state index contributed by atoms with van der Waals surface area (Å²) in [5, 5.41) is 48.4. The van der Waals surface area contributed by atoms with Gasteiger partial charge in [0.05, 0.1) is 64.6 Å². The molecule has 2 aliphatic rings. The molecule has 1 aromatic heterocycles. The normalized spacial score (nSPS) is 18.6. The van der Waals surface area contributed by atoms with Crippen molar-refractivity contribution in [3.63, 3.8) is 0 Å². The van der Waals surface area contributed by atoms with E-state index in [1.54, 1.807) is 13.0 Å². The molecule has 0 spiro atoms. The Balaban J connectivity index is 0.991. The fourth-order valence-electron chi connectivity index (χ4n) is 8.91. The summed E-state index contributed by atoms with van der Waals surface area (Å²) in [6.07, 6.45) is 2.11. The third kappa shape index (κ3) is 15.4.